The highest BCUT2D eigenvalue weighted by molar-refractivity contribution is 9.10. The van der Waals surface area contributed by atoms with Gasteiger partial charge in [-0.05, 0) is 71.3 Å². The lowest BCUT2D eigenvalue weighted by molar-refractivity contribution is -0.116. The quantitative estimate of drug-likeness (QED) is 0.423. The van der Waals surface area contributed by atoms with Crippen LogP contribution in [0.4, 0.5) is 5.69 Å². The Balaban J connectivity index is 1.71. The van der Waals surface area contributed by atoms with E-state index < -0.39 is 0 Å². The van der Waals surface area contributed by atoms with Gasteiger partial charge in [0.2, 0.25) is 0 Å². The molecule has 1 unspecified atom stereocenters. The minimum Gasteiger partial charge on any atom is -0.493 e. The first-order valence-corrected chi connectivity index (χ1v) is 11.9. The second-order valence-corrected chi connectivity index (χ2v) is 9.51. The predicted molar refractivity (Wildman–Crippen MR) is 133 cm³/mol. The first-order valence-electron chi connectivity index (χ1n) is 11.1. The van der Waals surface area contributed by atoms with Crippen molar-refractivity contribution in [2.45, 2.75) is 45.3 Å². The van der Waals surface area contributed by atoms with E-state index in [1.807, 2.05) is 26.0 Å². The summed E-state index contributed by atoms with van der Waals surface area (Å²) in [5, 5.41) is 6.08. The van der Waals surface area contributed by atoms with Crippen molar-refractivity contribution in [1.29, 1.82) is 0 Å². The highest BCUT2D eigenvalue weighted by Gasteiger charge is 2.35. The van der Waals surface area contributed by atoms with Crippen molar-refractivity contribution in [3.05, 3.63) is 69.7 Å². The number of Topliss-reactive ketones (excluding diaryl/α,β-unsaturated/α-hetero) is 1. The third-order valence-electron chi connectivity index (χ3n) is 6.23. The zero-order valence-electron chi connectivity index (χ0n) is 18.5. The predicted octanol–water partition coefficient (Wildman–Crippen LogP) is 7.07. The van der Waals surface area contributed by atoms with Crippen LogP contribution in [0.1, 0.15) is 50.3 Å². The third kappa shape index (κ3) is 3.49. The molecule has 5 rings (SSSR count). The SMILES string of the molecule is COc1cc(C2Nc3c(ccc4ccccc34)C3=C2C(=O)CCC3)cc(Br)c1OC(C)C. The van der Waals surface area contributed by atoms with E-state index in [2.05, 4.69) is 57.6 Å². The van der Waals surface area contributed by atoms with Crippen LogP contribution in [0.25, 0.3) is 16.3 Å². The molecule has 1 atom stereocenters. The van der Waals surface area contributed by atoms with Crippen LogP contribution in [0, 0.1) is 0 Å². The smallest absolute Gasteiger partial charge is 0.175 e. The molecule has 1 aliphatic carbocycles. The second-order valence-electron chi connectivity index (χ2n) is 8.66. The Bertz CT molecular complexity index is 1260. The first-order chi connectivity index (χ1) is 15.5. The van der Waals surface area contributed by atoms with Gasteiger partial charge in [-0.3, -0.25) is 4.79 Å². The molecular formula is C27H26BrNO3. The Morgan fingerprint density at radius 3 is 2.69 bits per heavy atom. The molecule has 1 N–H and O–H groups in total. The van der Waals surface area contributed by atoms with Gasteiger partial charge < -0.3 is 14.8 Å². The van der Waals surface area contributed by atoms with E-state index in [0.29, 0.717) is 17.9 Å². The lowest BCUT2D eigenvalue weighted by atomic mass is 9.77. The number of ketones is 1. The van der Waals surface area contributed by atoms with Crippen LogP contribution in [0.2, 0.25) is 0 Å². The fourth-order valence-electron chi connectivity index (χ4n) is 4.88. The summed E-state index contributed by atoms with van der Waals surface area (Å²) in [7, 11) is 1.65. The summed E-state index contributed by atoms with van der Waals surface area (Å²) >= 11 is 3.67. The topological polar surface area (TPSA) is 47.6 Å². The van der Waals surface area contributed by atoms with Gasteiger partial charge >= 0.3 is 0 Å². The van der Waals surface area contributed by atoms with Crippen LogP contribution in [0.5, 0.6) is 11.5 Å². The van der Waals surface area contributed by atoms with E-state index in [1.54, 1.807) is 7.11 Å². The first kappa shape index (κ1) is 21.1. The minimum atomic E-state index is -0.241. The van der Waals surface area contributed by atoms with Gasteiger partial charge in [-0.25, -0.2) is 0 Å². The average molecular weight is 492 g/mol. The zero-order chi connectivity index (χ0) is 22.4. The zero-order valence-corrected chi connectivity index (χ0v) is 20.1. The van der Waals surface area contributed by atoms with Gasteiger partial charge in [-0.15, -0.1) is 0 Å². The molecule has 5 heteroatoms. The Kier molecular flexibility index (Phi) is 5.46. The van der Waals surface area contributed by atoms with Gasteiger partial charge in [0.15, 0.2) is 17.3 Å². The number of rotatable bonds is 4. The number of nitrogens with one attached hydrogen (secondary N) is 1. The maximum atomic E-state index is 13.2. The van der Waals surface area contributed by atoms with Gasteiger partial charge in [0.25, 0.3) is 0 Å². The van der Waals surface area contributed by atoms with Gasteiger partial charge in [-0.2, -0.15) is 0 Å². The van der Waals surface area contributed by atoms with Crippen molar-refractivity contribution < 1.29 is 14.3 Å². The number of allylic oxidation sites excluding steroid dienone is 1. The molecule has 164 valence electrons. The Morgan fingerprint density at radius 2 is 1.91 bits per heavy atom. The number of anilines is 1. The Hall–Kier alpha value is -2.79. The molecule has 32 heavy (non-hydrogen) atoms. The lowest BCUT2D eigenvalue weighted by Gasteiger charge is -2.35. The van der Waals surface area contributed by atoms with Crippen LogP contribution >= 0.6 is 15.9 Å². The maximum Gasteiger partial charge on any atom is 0.175 e. The van der Waals surface area contributed by atoms with Crippen molar-refractivity contribution in [1.82, 2.24) is 0 Å². The maximum absolute atomic E-state index is 13.2. The molecule has 0 spiro atoms. The number of hydrogen-bond donors (Lipinski definition) is 1. The number of fused-ring (bicyclic) bond motifs is 4. The van der Waals surface area contributed by atoms with E-state index in [4.69, 9.17) is 9.47 Å². The number of methoxy groups -OCH3 is 1. The van der Waals surface area contributed by atoms with E-state index in [-0.39, 0.29) is 17.9 Å². The van der Waals surface area contributed by atoms with Crippen LogP contribution in [0.3, 0.4) is 0 Å². The van der Waals surface area contributed by atoms with Gasteiger partial charge in [0.05, 0.1) is 29.4 Å². The number of benzene rings is 3. The molecule has 0 radical (unpaired) electrons. The number of carbonyl (C=O) groups excluding carboxylic acids is 1. The fourth-order valence-corrected chi connectivity index (χ4v) is 5.43. The molecule has 1 heterocycles. The molecule has 3 aromatic carbocycles. The normalized spacial score (nSPS) is 17.8. The molecule has 0 saturated carbocycles. The van der Waals surface area contributed by atoms with Crippen LogP contribution in [-0.2, 0) is 4.79 Å². The fraction of sp³-hybridized carbons (Fsp3) is 0.296. The van der Waals surface area contributed by atoms with E-state index in [0.717, 1.165) is 39.7 Å². The summed E-state index contributed by atoms with van der Waals surface area (Å²) in [4.78, 5) is 13.2. The largest absolute Gasteiger partial charge is 0.493 e. The highest BCUT2D eigenvalue weighted by Crippen LogP contribution is 2.49. The van der Waals surface area contributed by atoms with Crippen molar-refractivity contribution in [2.75, 3.05) is 12.4 Å². The standard InChI is InChI=1S/C27H26BrNO3/c1-15(2)32-27-21(28)13-17(14-23(27)31-3)25-24-19(9-6-10-22(24)30)20-12-11-16-7-4-5-8-18(16)26(20)29-25/h4-5,7-8,11-15,25,29H,6,9-10H2,1-3H3. The highest BCUT2D eigenvalue weighted by atomic mass is 79.9. The average Bonchev–Trinajstić information content (AvgIpc) is 2.79. The third-order valence-corrected chi connectivity index (χ3v) is 6.82. The molecule has 3 aromatic rings. The molecular weight excluding hydrogens is 466 g/mol. The molecule has 0 fully saturated rings. The summed E-state index contributed by atoms with van der Waals surface area (Å²) in [6.07, 6.45) is 2.42. The van der Waals surface area contributed by atoms with Crippen molar-refractivity contribution in [2.24, 2.45) is 0 Å². The second kappa shape index (κ2) is 8.28. The molecule has 2 aliphatic rings. The molecule has 0 saturated heterocycles. The summed E-state index contributed by atoms with van der Waals surface area (Å²) in [6, 6.07) is 16.5. The Labute approximate surface area is 196 Å². The molecule has 4 nitrogen and oxygen atoms in total. The van der Waals surface area contributed by atoms with Gasteiger partial charge in [0.1, 0.15) is 0 Å². The minimum absolute atomic E-state index is 0.0198. The van der Waals surface area contributed by atoms with E-state index >= 15 is 0 Å². The summed E-state index contributed by atoms with van der Waals surface area (Å²) in [5.41, 5.74) is 5.27. The van der Waals surface area contributed by atoms with Gasteiger partial charge in [0, 0.05) is 22.9 Å². The van der Waals surface area contributed by atoms with Crippen LogP contribution in [0.15, 0.2) is 58.6 Å². The number of halogens is 1. The number of ether oxygens (including phenoxy) is 2. The van der Waals surface area contributed by atoms with Crippen LogP contribution in [-0.4, -0.2) is 19.0 Å². The lowest BCUT2D eigenvalue weighted by Crippen LogP contribution is -2.27. The molecule has 0 bridgehead atoms. The molecule has 1 aliphatic heterocycles. The number of carbonyl (C=O) groups is 1. The molecule has 0 amide bonds. The van der Waals surface area contributed by atoms with Crippen LogP contribution < -0.4 is 14.8 Å². The van der Waals surface area contributed by atoms with E-state index in [9.17, 15) is 4.79 Å². The van der Waals surface area contributed by atoms with Crippen molar-refractivity contribution in [3.8, 4) is 11.5 Å². The summed E-state index contributed by atoms with van der Waals surface area (Å²) < 4.78 is 12.5. The monoisotopic (exact) mass is 491 g/mol. The molecule has 0 aromatic heterocycles. The van der Waals surface area contributed by atoms with Gasteiger partial charge in [-0.1, -0.05) is 36.4 Å². The summed E-state index contributed by atoms with van der Waals surface area (Å²) in [6.45, 7) is 3.98. The number of hydrogen-bond acceptors (Lipinski definition) is 4. The summed E-state index contributed by atoms with van der Waals surface area (Å²) in [5.74, 6) is 1.55. The van der Waals surface area contributed by atoms with Crippen molar-refractivity contribution in [3.63, 3.8) is 0 Å². The van der Waals surface area contributed by atoms with Crippen molar-refractivity contribution >= 4 is 43.7 Å². The van der Waals surface area contributed by atoms with E-state index in [1.165, 1.54) is 16.3 Å². The Morgan fingerprint density at radius 1 is 1.09 bits per heavy atom.